The zero-order chi connectivity index (χ0) is 10.2. The summed E-state index contributed by atoms with van der Waals surface area (Å²) in [6.45, 7) is 10.9. The Labute approximate surface area is 76.3 Å². The van der Waals surface area contributed by atoms with Crippen molar-refractivity contribution >= 4 is 9.84 Å². The molecule has 0 saturated heterocycles. The lowest BCUT2D eigenvalue weighted by atomic mass is 10.1. The van der Waals surface area contributed by atoms with Gasteiger partial charge in [-0.1, -0.05) is 13.8 Å². The van der Waals surface area contributed by atoms with Crippen LogP contribution >= 0.6 is 0 Å². The van der Waals surface area contributed by atoms with E-state index >= 15 is 0 Å². The summed E-state index contributed by atoms with van der Waals surface area (Å²) < 4.78 is 23.0. The van der Waals surface area contributed by atoms with Crippen molar-refractivity contribution in [1.82, 2.24) is 0 Å². The van der Waals surface area contributed by atoms with Crippen molar-refractivity contribution in [2.24, 2.45) is 5.92 Å². The van der Waals surface area contributed by atoms with Crippen molar-refractivity contribution in [3.63, 3.8) is 0 Å². The van der Waals surface area contributed by atoms with E-state index in [1.807, 2.05) is 13.8 Å². The topological polar surface area (TPSA) is 34.1 Å². The first kappa shape index (κ1) is 11.9. The molecule has 0 aliphatic carbocycles. The molecular formula is C9H20O2S. The monoisotopic (exact) mass is 192 g/mol. The van der Waals surface area contributed by atoms with Gasteiger partial charge in [-0.3, -0.25) is 0 Å². The van der Waals surface area contributed by atoms with Crippen molar-refractivity contribution < 1.29 is 8.42 Å². The molecule has 0 rings (SSSR count). The minimum absolute atomic E-state index is 0.189. The van der Waals surface area contributed by atoms with Crippen LogP contribution in [0.4, 0.5) is 0 Å². The lowest BCUT2D eigenvalue weighted by Crippen LogP contribution is -2.38. The highest BCUT2D eigenvalue weighted by atomic mass is 32.2. The Balaban J connectivity index is 4.89. The largest absolute Gasteiger partial charge is 0.228 e. The maximum Gasteiger partial charge on any atom is 0.158 e. The maximum absolute atomic E-state index is 11.8. The Kier molecular flexibility index (Phi) is 3.35. The second-order valence-electron chi connectivity index (χ2n) is 4.61. The molecule has 2 nitrogen and oxygen atoms in total. The van der Waals surface area contributed by atoms with Gasteiger partial charge in [-0.25, -0.2) is 8.42 Å². The Morgan fingerprint density at radius 3 is 1.42 bits per heavy atom. The summed E-state index contributed by atoms with van der Waals surface area (Å²) in [6.07, 6.45) is 0. The Morgan fingerprint density at radius 1 is 1.00 bits per heavy atom. The van der Waals surface area contributed by atoms with Gasteiger partial charge in [0.25, 0.3) is 0 Å². The Bertz CT molecular complexity index is 232. The molecule has 0 heterocycles. The van der Waals surface area contributed by atoms with Crippen LogP contribution in [-0.2, 0) is 9.84 Å². The van der Waals surface area contributed by atoms with Crippen LogP contribution < -0.4 is 0 Å². The SMILES string of the molecule is CC(C)C(C)S(=O)(=O)C(C)(C)C. The molecule has 1 unspecified atom stereocenters. The molecule has 0 N–H and O–H groups in total. The number of hydrogen-bond donors (Lipinski definition) is 0. The van der Waals surface area contributed by atoms with E-state index in [0.717, 1.165) is 0 Å². The summed E-state index contributed by atoms with van der Waals surface area (Å²) in [5.41, 5.74) is 0. The van der Waals surface area contributed by atoms with Crippen LogP contribution in [0.25, 0.3) is 0 Å². The minimum atomic E-state index is -2.98. The number of sulfone groups is 1. The first-order valence-corrected chi connectivity index (χ1v) is 5.88. The van der Waals surface area contributed by atoms with Crippen LogP contribution in [0.5, 0.6) is 0 Å². The third-order valence-electron chi connectivity index (χ3n) is 2.28. The third kappa shape index (κ3) is 2.22. The highest BCUT2D eigenvalue weighted by molar-refractivity contribution is 7.93. The zero-order valence-electron chi connectivity index (χ0n) is 8.88. The van der Waals surface area contributed by atoms with E-state index in [4.69, 9.17) is 0 Å². The van der Waals surface area contributed by atoms with Crippen molar-refractivity contribution in [3.8, 4) is 0 Å². The van der Waals surface area contributed by atoms with Crippen LogP contribution in [0.1, 0.15) is 41.5 Å². The van der Waals surface area contributed by atoms with Crippen LogP contribution in [0.3, 0.4) is 0 Å². The van der Waals surface area contributed by atoms with Crippen molar-refractivity contribution in [1.29, 1.82) is 0 Å². The number of rotatable bonds is 2. The highest BCUT2D eigenvalue weighted by Gasteiger charge is 2.35. The van der Waals surface area contributed by atoms with E-state index in [0.29, 0.717) is 0 Å². The summed E-state index contributed by atoms with van der Waals surface area (Å²) >= 11 is 0. The van der Waals surface area contributed by atoms with Crippen LogP contribution in [0.2, 0.25) is 0 Å². The zero-order valence-corrected chi connectivity index (χ0v) is 9.70. The van der Waals surface area contributed by atoms with E-state index in [1.165, 1.54) is 0 Å². The summed E-state index contributed by atoms with van der Waals surface area (Å²) in [4.78, 5) is 0. The second kappa shape index (κ2) is 3.36. The average molecular weight is 192 g/mol. The molecule has 0 aromatic heterocycles. The van der Waals surface area contributed by atoms with Gasteiger partial charge in [0.2, 0.25) is 0 Å². The molecule has 0 spiro atoms. The lowest BCUT2D eigenvalue weighted by Gasteiger charge is -2.26. The molecule has 0 aromatic rings. The second-order valence-corrected chi connectivity index (χ2v) is 7.66. The standard InChI is InChI=1S/C9H20O2S/c1-7(2)8(3)12(10,11)9(4,5)6/h7-8H,1-6H3. The van der Waals surface area contributed by atoms with Gasteiger partial charge in [0.1, 0.15) is 0 Å². The molecule has 0 aliphatic rings. The molecule has 74 valence electrons. The average Bonchev–Trinajstić information content (AvgIpc) is 1.83. The molecule has 12 heavy (non-hydrogen) atoms. The van der Waals surface area contributed by atoms with E-state index in [1.54, 1.807) is 27.7 Å². The van der Waals surface area contributed by atoms with Gasteiger partial charge in [0.05, 0.1) is 10.00 Å². The summed E-state index contributed by atoms with van der Waals surface area (Å²) in [5.74, 6) is 0.189. The summed E-state index contributed by atoms with van der Waals surface area (Å²) in [5, 5.41) is -0.252. The lowest BCUT2D eigenvalue weighted by molar-refractivity contribution is 0.516. The summed E-state index contributed by atoms with van der Waals surface area (Å²) in [7, 11) is -2.98. The summed E-state index contributed by atoms with van der Waals surface area (Å²) in [6, 6.07) is 0. The molecule has 0 aliphatic heterocycles. The molecule has 0 bridgehead atoms. The van der Waals surface area contributed by atoms with Crippen LogP contribution in [-0.4, -0.2) is 18.4 Å². The van der Waals surface area contributed by atoms with E-state index in [-0.39, 0.29) is 11.2 Å². The Morgan fingerprint density at radius 2 is 1.33 bits per heavy atom. The molecule has 3 heteroatoms. The van der Waals surface area contributed by atoms with Gasteiger partial charge >= 0.3 is 0 Å². The fourth-order valence-electron chi connectivity index (χ4n) is 0.916. The van der Waals surface area contributed by atoms with E-state index < -0.39 is 14.6 Å². The Hall–Kier alpha value is -0.0500. The van der Waals surface area contributed by atoms with E-state index in [9.17, 15) is 8.42 Å². The molecule has 0 radical (unpaired) electrons. The minimum Gasteiger partial charge on any atom is -0.228 e. The smallest absolute Gasteiger partial charge is 0.158 e. The fourth-order valence-corrected chi connectivity index (χ4v) is 2.75. The number of hydrogen-bond acceptors (Lipinski definition) is 2. The van der Waals surface area contributed by atoms with Gasteiger partial charge in [0.15, 0.2) is 9.84 Å². The molecule has 0 saturated carbocycles. The highest BCUT2D eigenvalue weighted by Crippen LogP contribution is 2.24. The molecule has 0 amide bonds. The molecule has 1 atom stereocenters. The van der Waals surface area contributed by atoms with Crippen molar-refractivity contribution in [2.45, 2.75) is 51.5 Å². The van der Waals surface area contributed by atoms with Gasteiger partial charge < -0.3 is 0 Å². The predicted octanol–water partition coefficient (Wildman–Crippen LogP) is 2.24. The first-order chi connectivity index (χ1) is 5.10. The van der Waals surface area contributed by atoms with Gasteiger partial charge in [-0.05, 0) is 33.6 Å². The molecule has 0 fully saturated rings. The quantitative estimate of drug-likeness (QED) is 0.672. The van der Waals surface area contributed by atoms with Crippen LogP contribution in [0.15, 0.2) is 0 Å². The molecule has 0 aromatic carbocycles. The van der Waals surface area contributed by atoms with Crippen molar-refractivity contribution in [3.05, 3.63) is 0 Å². The predicted molar refractivity (Wildman–Crippen MR) is 53.0 cm³/mol. The third-order valence-corrected chi connectivity index (χ3v) is 5.51. The normalized spacial score (nSPS) is 16.6. The van der Waals surface area contributed by atoms with Gasteiger partial charge in [-0.15, -0.1) is 0 Å². The van der Waals surface area contributed by atoms with Gasteiger partial charge in [0, 0.05) is 0 Å². The van der Waals surface area contributed by atoms with Gasteiger partial charge in [-0.2, -0.15) is 0 Å². The van der Waals surface area contributed by atoms with E-state index in [2.05, 4.69) is 0 Å². The van der Waals surface area contributed by atoms with Crippen LogP contribution in [0, 0.1) is 5.92 Å². The first-order valence-electron chi connectivity index (χ1n) is 4.34. The van der Waals surface area contributed by atoms with Crippen molar-refractivity contribution in [2.75, 3.05) is 0 Å². The molecular weight excluding hydrogens is 172 g/mol. The fraction of sp³-hybridized carbons (Fsp3) is 1.00. The maximum atomic E-state index is 11.8.